The molecule has 0 saturated carbocycles. The average Bonchev–Trinajstić information content (AvgIpc) is 3.09. The van der Waals surface area contributed by atoms with Gasteiger partial charge in [-0.15, -0.1) is 0 Å². The number of carbonyl (C=O) groups is 2. The molecule has 3 rings (SSSR count). The number of hydrogen-bond acceptors (Lipinski definition) is 7. The largest absolute Gasteiger partial charge is 0.493 e. The molecule has 1 aliphatic rings. The van der Waals surface area contributed by atoms with Crippen molar-refractivity contribution in [1.82, 2.24) is 4.90 Å². The molecule has 186 valence electrons. The summed E-state index contributed by atoms with van der Waals surface area (Å²) in [5, 5.41) is 0. The number of halogens is 1. The van der Waals surface area contributed by atoms with E-state index in [1.54, 1.807) is 32.2 Å². The van der Waals surface area contributed by atoms with Crippen molar-refractivity contribution in [3.63, 3.8) is 0 Å². The van der Waals surface area contributed by atoms with Crippen molar-refractivity contribution in [2.24, 2.45) is 5.92 Å². The van der Waals surface area contributed by atoms with Crippen LogP contribution in [0, 0.1) is 5.92 Å². The molecular weight excluding hydrogens is 550 g/mol. The van der Waals surface area contributed by atoms with Gasteiger partial charge in [-0.2, -0.15) is 0 Å². The Balaban J connectivity index is 1.91. The van der Waals surface area contributed by atoms with Gasteiger partial charge in [0.05, 0.1) is 29.7 Å². The molecule has 9 heteroatoms. The molecule has 1 unspecified atom stereocenters. The van der Waals surface area contributed by atoms with Crippen LogP contribution >= 0.6 is 39.9 Å². The van der Waals surface area contributed by atoms with E-state index in [-0.39, 0.29) is 12.5 Å². The number of benzene rings is 2. The molecule has 0 aliphatic carbocycles. The van der Waals surface area contributed by atoms with Crippen LogP contribution in [0.5, 0.6) is 11.5 Å². The van der Waals surface area contributed by atoms with Gasteiger partial charge in [0.15, 0.2) is 17.5 Å². The molecule has 0 radical (unpaired) electrons. The van der Waals surface area contributed by atoms with Crippen molar-refractivity contribution in [2.45, 2.75) is 33.2 Å². The zero-order valence-corrected chi connectivity index (χ0v) is 23.3. The molecule has 0 N–H and O–H groups in total. The Morgan fingerprint density at radius 3 is 2.57 bits per heavy atom. The topological polar surface area (TPSA) is 65.1 Å². The fraction of sp³-hybridized carbons (Fsp3) is 0.346. The Morgan fingerprint density at radius 1 is 1.23 bits per heavy atom. The number of hydrogen-bond donors (Lipinski definition) is 0. The average molecular weight is 579 g/mol. The Kier molecular flexibility index (Phi) is 9.77. The summed E-state index contributed by atoms with van der Waals surface area (Å²) < 4.78 is 17.8. The van der Waals surface area contributed by atoms with E-state index in [9.17, 15) is 9.59 Å². The van der Waals surface area contributed by atoms with Gasteiger partial charge in [-0.1, -0.05) is 68.2 Å². The van der Waals surface area contributed by atoms with Gasteiger partial charge in [0.25, 0.3) is 5.91 Å². The lowest BCUT2D eigenvalue weighted by atomic mass is 10.1. The standard InChI is InChI=1S/C26H28BrNO5S2/c1-5-32-25(30)22(18-9-7-6-8-10-18)28-24(29)21(35-26(28)34)15-17-13-19(27)23(20(14-17)31-4)33-12-11-16(2)3/h6-10,13-16,22H,5,11-12H2,1-4H3/b21-15+. The van der Waals surface area contributed by atoms with Gasteiger partial charge < -0.3 is 14.2 Å². The molecule has 0 bridgehead atoms. The minimum absolute atomic E-state index is 0.201. The zero-order valence-electron chi connectivity index (χ0n) is 20.1. The van der Waals surface area contributed by atoms with Crippen LogP contribution in [-0.4, -0.2) is 41.4 Å². The number of nitrogens with zero attached hydrogens (tertiary/aromatic N) is 1. The van der Waals surface area contributed by atoms with Crippen LogP contribution in [0.25, 0.3) is 6.08 Å². The van der Waals surface area contributed by atoms with Crippen molar-refractivity contribution < 1.29 is 23.8 Å². The molecule has 1 heterocycles. The van der Waals surface area contributed by atoms with Crippen molar-refractivity contribution in [3.8, 4) is 11.5 Å². The summed E-state index contributed by atoms with van der Waals surface area (Å²) in [5.41, 5.74) is 1.37. The SMILES string of the molecule is CCOC(=O)C(c1ccccc1)N1C(=O)/C(=C\c2cc(Br)c(OCCC(C)C)c(OC)c2)SC1=S. The summed E-state index contributed by atoms with van der Waals surface area (Å²) >= 11 is 10.2. The Bertz CT molecular complexity index is 1120. The lowest BCUT2D eigenvalue weighted by molar-refractivity contribution is -0.151. The summed E-state index contributed by atoms with van der Waals surface area (Å²) in [6.07, 6.45) is 2.65. The first-order chi connectivity index (χ1) is 16.8. The van der Waals surface area contributed by atoms with Gasteiger partial charge in [0.1, 0.15) is 4.32 Å². The summed E-state index contributed by atoms with van der Waals surface area (Å²) in [6, 6.07) is 11.7. The van der Waals surface area contributed by atoms with Crippen LogP contribution in [0.3, 0.4) is 0 Å². The molecule has 1 fully saturated rings. The number of amides is 1. The fourth-order valence-electron chi connectivity index (χ4n) is 3.46. The summed E-state index contributed by atoms with van der Waals surface area (Å²) in [4.78, 5) is 28.0. The molecule has 1 aliphatic heterocycles. The van der Waals surface area contributed by atoms with Crippen LogP contribution < -0.4 is 9.47 Å². The van der Waals surface area contributed by atoms with Gasteiger partial charge in [-0.3, -0.25) is 9.69 Å². The van der Waals surface area contributed by atoms with E-state index in [0.717, 1.165) is 28.2 Å². The highest BCUT2D eigenvalue weighted by atomic mass is 79.9. The normalized spacial score (nSPS) is 15.6. The highest BCUT2D eigenvalue weighted by molar-refractivity contribution is 9.10. The smallest absolute Gasteiger partial charge is 0.333 e. The van der Waals surface area contributed by atoms with E-state index >= 15 is 0 Å². The van der Waals surface area contributed by atoms with Crippen molar-refractivity contribution >= 4 is 62.2 Å². The monoisotopic (exact) mass is 577 g/mol. The van der Waals surface area contributed by atoms with Gasteiger partial charge in [-0.05, 0) is 64.5 Å². The maximum atomic E-state index is 13.4. The molecular formula is C26H28BrNO5S2. The molecule has 2 aromatic rings. The van der Waals surface area contributed by atoms with E-state index in [0.29, 0.717) is 38.8 Å². The van der Waals surface area contributed by atoms with Gasteiger partial charge in [-0.25, -0.2) is 4.79 Å². The molecule has 0 spiro atoms. The van der Waals surface area contributed by atoms with Crippen LogP contribution in [0.1, 0.15) is 44.4 Å². The maximum absolute atomic E-state index is 13.4. The van der Waals surface area contributed by atoms with Crippen molar-refractivity contribution in [3.05, 3.63) is 63.0 Å². The molecule has 1 saturated heterocycles. The zero-order chi connectivity index (χ0) is 25.5. The quantitative estimate of drug-likeness (QED) is 0.184. The number of esters is 1. The molecule has 2 aromatic carbocycles. The van der Waals surface area contributed by atoms with E-state index in [2.05, 4.69) is 29.8 Å². The minimum atomic E-state index is -0.951. The van der Waals surface area contributed by atoms with E-state index in [1.165, 1.54) is 4.90 Å². The number of thiocarbonyl (C=S) groups is 1. The van der Waals surface area contributed by atoms with E-state index in [4.69, 9.17) is 26.4 Å². The van der Waals surface area contributed by atoms with Gasteiger partial charge in [0, 0.05) is 0 Å². The number of ether oxygens (including phenoxy) is 3. The van der Waals surface area contributed by atoms with Crippen molar-refractivity contribution in [1.29, 1.82) is 0 Å². The molecule has 35 heavy (non-hydrogen) atoms. The Morgan fingerprint density at radius 2 is 1.94 bits per heavy atom. The van der Waals surface area contributed by atoms with Gasteiger partial charge >= 0.3 is 5.97 Å². The van der Waals surface area contributed by atoms with E-state index < -0.39 is 12.0 Å². The number of rotatable bonds is 10. The molecule has 1 amide bonds. The lowest BCUT2D eigenvalue weighted by Gasteiger charge is -2.25. The molecule has 0 aromatic heterocycles. The van der Waals surface area contributed by atoms with Crippen LogP contribution in [0.15, 0.2) is 51.8 Å². The third-order valence-corrected chi connectivity index (χ3v) is 7.12. The third-order valence-electron chi connectivity index (χ3n) is 5.20. The predicted molar refractivity (Wildman–Crippen MR) is 146 cm³/mol. The van der Waals surface area contributed by atoms with Crippen LogP contribution in [0.2, 0.25) is 0 Å². The number of methoxy groups -OCH3 is 1. The second-order valence-corrected chi connectivity index (χ2v) is 10.7. The first-order valence-corrected chi connectivity index (χ1v) is 13.3. The molecule has 6 nitrogen and oxygen atoms in total. The summed E-state index contributed by atoms with van der Waals surface area (Å²) in [5.74, 6) is 0.816. The van der Waals surface area contributed by atoms with E-state index in [1.807, 2.05) is 30.3 Å². The number of carbonyl (C=O) groups excluding carboxylic acids is 2. The van der Waals surface area contributed by atoms with Crippen LogP contribution in [-0.2, 0) is 14.3 Å². The lowest BCUT2D eigenvalue weighted by Crippen LogP contribution is -2.38. The highest BCUT2D eigenvalue weighted by Gasteiger charge is 2.42. The van der Waals surface area contributed by atoms with Crippen LogP contribution in [0.4, 0.5) is 0 Å². The maximum Gasteiger partial charge on any atom is 0.333 e. The second-order valence-electron chi connectivity index (χ2n) is 8.18. The first-order valence-electron chi connectivity index (χ1n) is 11.3. The summed E-state index contributed by atoms with van der Waals surface area (Å²) in [7, 11) is 1.57. The minimum Gasteiger partial charge on any atom is -0.493 e. The predicted octanol–water partition coefficient (Wildman–Crippen LogP) is 6.39. The first kappa shape index (κ1) is 27.2. The van der Waals surface area contributed by atoms with Gasteiger partial charge in [0.2, 0.25) is 0 Å². The van der Waals surface area contributed by atoms with Crippen molar-refractivity contribution in [2.75, 3.05) is 20.3 Å². The Labute approximate surface area is 224 Å². The highest BCUT2D eigenvalue weighted by Crippen LogP contribution is 2.41. The molecule has 1 atom stereocenters. The summed E-state index contributed by atoms with van der Waals surface area (Å²) in [6.45, 7) is 6.77. The fourth-order valence-corrected chi connectivity index (χ4v) is 5.35. The number of thioether (sulfide) groups is 1. The Hall–Kier alpha value is -2.36. The third kappa shape index (κ3) is 6.65. The second kappa shape index (κ2) is 12.6.